The number of oxime groups is 1. The number of halogens is 2. The number of benzene rings is 1. The van der Waals surface area contributed by atoms with E-state index in [2.05, 4.69) is 55.0 Å². The summed E-state index contributed by atoms with van der Waals surface area (Å²) in [6, 6.07) is 5.00. The van der Waals surface area contributed by atoms with Crippen molar-refractivity contribution in [2.24, 2.45) is 5.16 Å². The Hall–Kier alpha value is -0.723. The van der Waals surface area contributed by atoms with E-state index in [1.54, 1.807) is 6.07 Å². The fourth-order valence-electron chi connectivity index (χ4n) is 1.88. The summed E-state index contributed by atoms with van der Waals surface area (Å²) in [7, 11) is -1.79. The highest BCUT2D eigenvalue weighted by Crippen LogP contribution is 2.37. The fraction of sp³-hybridized carbons (Fsp3) is 0.562. The van der Waals surface area contributed by atoms with Crippen molar-refractivity contribution < 1.29 is 13.7 Å². The van der Waals surface area contributed by atoms with Gasteiger partial charge in [-0.3, -0.25) is 0 Å². The van der Waals surface area contributed by atoms with Gasteiger partial charge in [0.05, 0.1) is 16.8 Å². The van der Waals surface area contributed by atoms with Gasteiger partial charge < -0.3 is 9.26 Å². The monoisotopic (exact) mass is 387 g/mol. The van der Waals surface area contributed by atoms with E-state index in [0.29, 0.717) is 17.5 Å². The molecule has 0 fully saturated rings. The van der Waals surface area contributed by atoms with Crippen molar-refractivity contribution in [1.82, 2.24) is 0 Å². The molecule has 0 saturated carbocycles. The molecule has 0 radical (unpaired) electrons. The predicted molar refractivity (Wildman–Crippen MR) is 93.3 cm³/mol. The van der Waals surface area contributed by atoms with Crippen LogP contribution in [-0.4, -0.2) is 26.7 Å². The minimum atomic E-state index is -1.79. The quantitative estimate of drug-likeness (QED) is 0.672. The van der Waals surface area contributed by atoms with Crippen molar-refractivity contribution in [3.8, 4) is 0 Å². The molecular weight excluding hydrogens is 365 g/mol. The summed E-state index contributed by atoms with van der Waals surface area (Å²) in [6.45, 7) is 11.6. The minimum Gasteiger partial charge on any atom is -0.413 e. The first-order valence-corrected chi connectivity index (χ1v) is 11.1. The molecule has 1 unspecified atom stereocenters. The fourth-order valence-corrected chi connectivity index (χ4v) is 3.16. The molecular formula is C16H23BrFNO2Si. The summed E-state index contributed by atoms with van der Waals surface area (Å²) in [4.78, 5) is 5.45. The molecule has 0 amide bonds. The third kappa shape index (κ3) is 3.97. The van der Waals surface area contributed by atoms with Crippen LogP contribution in [0.25, 0.3) is 0 Å². The highest BCUT2D eigenvalue weighted by Gasteiger charge is 2.38. The summed E-state index contributed by atoms with van der Waals surface area (Å²) in [5, 5.41) is 4.26. The molecule has 3 nitrogen and oxygen atoms in total. The van der Waals surface area contributed by atoms with E-state index in [4.69, 9.17) is 9.26 Å². The van der Waals surface area contributed by atoms with E-state index in [1.807, 2.05) is 6.07 Å². The molecule has 1 aromatic rings. The first-order valence-electron chi connectivity index (χ1n) is 7.42. The topological polar surface area (TPSA) is 30.8 Å². The lowest BCUT2D eigenvalue weighted by molar-refractivity contribution is 0.0427. The van der Waals surface area contributed by atoms with Gasteiger partial charge in [0.25, 0.3) is 0 Å². The average molecular weight is 388 g/mol. The first kappa shape index (κ1) is 17.6. The Balaban J connectivity index is 1.94. The molecule has 2 rings (SSSR count). The standard InChI is InChI=1S/C16H23BrFNO2Si/c1-16(2,3)22(4,5)20-10-12-9-15(19-21-12)11-6-7-13(17)14(18)8-11/h6-8,12H,9-10H2,1-5H3. The summed E-state index contributed by atoms with van der Waals surface area (Å²) in [5.74, 6) is -0.291. The maximum atomic E-state index is 13.6. The summed E-state index contributed by atoms with van der Waals surface area (Å²) in [5.41, 5.74) is 1.53. The van der Waals surface area contributed by atoms with Gasteiger partial charge in [0, 0.05) is 12.0 Å². The summed E-state index contributed by atoms with van der Waals surface area (Å²) >= 11 is 3.15. The molecule has 6 heteroatoms. The Morgan fingerprint density at radius 1 is 1.41 bits per heavy atom. The molecule has 0 spiro atoms. The third-order valence-corrected chi connectivity index (χ3v) is 9.57. The molecule has 1 aliphatic rings. The maximum Gasteiger partial charge on any atom is 0.192 e. The minimum absolute atomic E-state index is 0.0872. The summed E-state index contributed by atoms with van der Waals surface area (Å²) < 4.78 is 20.2. The Morgan fingerprint density at radius 3 is 2.68 bits per heavy atom. The Morgan fingerprint density at radius 2 is 2.09 bits per heavy atom. The molecule has 0 bridgehead atoms. The zero-order valence-electron chi connectivity index (χ0n) is 13.7. The molecule has 22 heavy (non-hydrogen) atoms. The third-order valence-electron chi connectivity index (χ3n) is 4.42. The highest BCUT2D eigenvalue weighted by atomic mass is 79.9. The first-order chi connectivity index (χ1) is 10.1. The highest BCUT2D eigenvalue weighted by molar-refractivity contribution is 9.10. The lowest BCUT2D eigenvalue weighted by Crippen LogP contribution is -2.42. The Bertz CT molecular complexity index is 584. The summed E-state index contributed by atoms with van der Waals surface area (Å²) in [6.07, 6.45) is 0.561. The van der Waals surface area contributed by atoms with E-state index in [9.17, 15) is 4.39 Å². The van der Waals surface area contributed by atoms with E-state index < -0.39 is 8.32 Å². The number of nitrogens with zero attached hydrogens (tertiary/aromatic N) is 1. The van der Waals surface area contributed by atoms with Crippen LogP contribution < -0.4 is 0 Å². The van der Waals surface area contributed by atoms with Crippen molar-refractivity contribution in [2.75, 3.05) is 6.61 Å². The second-order valence-corrected chi connectivity index (χ2v) is 12.8. The molecule has 0 saturated heterocycles. The largest absolute Gasteiger partial charge is 0.413 e. The van der Waals surface area contributed by atoms with Crippen molar-refractivity contribution >= 4 is 30.0 Å². The Kier molecular flexibility index (Phi) is 5.14. The van der Waals surface area contributed by atoms with Gasteiger partial charge in [0.15, 0.2) is 14.4 Å². The number of rotatable bonds is 4. The smallest absolute Gasteiger partial charge is 0.192 e. The van der Waals surface area contributed by atoms with Crippen LogP contribution in [0.15, 0.2) is 27.8 Å². The van der Waals surface area contributed by atoms with Crippen LogP contribution in [-0.2, 0) is 9.26 Å². The molecule has 122 valence electrons. The Labute approximate surface area is 141 Å². The van der Waals surface area contributed by atoms with E-state index in [1.165, 1.54) is 6.07 Å². The van der Waals surface area contributed by atoms with Crippen LogP contribution >= 0.6 is 15.9 Å². The second-order valence-electron chi connectivity index (χ2n) is 7.17. The predicted octanol–water partition coefficient (Wildman–Crippen LogP) is 5.10. The van der Waals surface area contributed by atoms with E-state index >= 15 is 0 Å². The zero-order chi connectivity index (χ0) is 16.5. The molecule has 1 heterocycles. The van der Waals surface area contributed by atoms with Crippen molar-refractivity contribution in [3.05, 3.63) is 34.1 Å². The molecule has 0 N–H and O–H groups in total. The lowest BCUT2D eigenvalue weighted by atomic mass is 10.1. The number of hydrogen-bond acceptors (Lipinski definition) is 3. The van der Waals surface area contributed by atoms with Crippen LogP contribution in [0.2, 0.25) is 18.1 Å². The van der Waals surface area contributed by atoms with Gasteiger partial charge in [-0.2, -0.15) is 0 Å². The second kappa shape index (κ2) is 6.41. The van der Waals surface area contributed by atoms with Gasteiger partial charge in [-0.15, -0.1) is 0 Å². The lowest BCUT2D eigenvalue weighted by Gasteiger charge is -2.36. The van der Waals surface area contributed by atoms with Crippen LogP contribution in [0, 0.1) is 5.82 Å². The molecule has 1 aromatic carbocycles. The molecule has 1 atom stereocenters. The van der Waals surface area contributed by atoms with E-state index in [-0.39, 0.29) is 17.0 Å². The number of hydrogen-bond donors (Lipinski definition) is 0. The van der Waals surface area contributed by atoms with Crippen LogP contribution in [0.5, 0.6) is 0 Å². The van der Waals surface area contributed by atoms with Crippen LogP contribution in [0.3, 0.4) is 0 Å². The maximum absolute atomic E-state index is 13.6. The molecule has 0 aromatic heterocycles. The van der Waals surface area contributed by atoms with Gasteiger partial charge in [-0.25, -0.2) is 4.39 Å². The zero-order valence-corrected chi connectivity index (χ0v) is 16.3. The van der Waals surface area contributed by atoms with Gasteiger partial charge in [-0.1, -0.05) is 32.0 Å². The van der Waals surface area contributed by atoms with Gasteiger partial charge >= 0.3 is 0 Å². The van der Waals surface area contributed by atoms with Crippen LogP contribution in [0.1, 0.15) is 32.8 Å². The van der Waals surface area contributed by atoms with Crippen molar-refractivity contribution in [2.45, 2.75) is 51.4 Å². The van der Waals surface area contributed by atoms with Crippen molar-refractivity contribution in [1.29, 1.82) is 0 Å². The van der Waals surface area contributed by atoms with E-state index in [0.717, 1.165) is 11.3 Å². The van der Waals surface area contributed by atoms with Gasteiger partial charge in [0.2, 0.25) is 0 Å². The average Bonchev–Trinajstić information content (AvgIpc) is 2.87. The van der Waals surface area contributed by atoms with Gasteiger partial charge in [0.1, 0.15) is 5.82 Å². The molecule has 0 aliphatic carbocycles. The SMILES string of the molecule is CC(C)(C)[Si](C)(C)OCC1CC(c2ccc(Br)c(F)c2)=NO1. The van der Waals surface area contributed by atoms with Gasteiger partial charge in [-0.05, 0) is 46.2 Å². The van der Waals surface area contributed by atoms with Crippen LogP contribution in [0.4, 0.5) is 4.39 Å². The normalized spacial score (nSPS) is 19.0. The van der Waals surface area contributed by atoms with Crippen molar-refractivity contribution in [3.63, 3.8) is 0 Å². The molecule has 1 aliphatic heterocycles.